The molecule has 0 radical (unpaired) electrons. The van der Waals surface area contributed by atoms with E-state index in [0.29, 0.717) is 6.54 Å². The van der Waals surface area contributed by atoms with Crippen LogP contribution in [0.25, 0.3) is 0 Å². The fourth-order valence-corrected chi connectivity index (χ4v) is 1.44. The van der Waals surface area contributed by atoms with E-state index in [9.17, 15) is 13.6 Å². The minimum absolute atomic E-state index is 0.231. The zero-order valence-electron chi connectivity index (χ0n) is 9.72. The standard InChI is InChI=1S/C12H16F2N2O/c1-2-3-4-7-16-12(17)10-8(13)5-6-9(15)11(10)14/h5-6H,2-4,7,15H2,1H3,(H,16,17). The molecule has 5 heteroatoms. The number of nitrogen functional groups attached to an aromatic ring is 1. The Morgan fingerprint density at radius 2 is 2.06 bits per heavy atom. The van der Waals surface area contributed by atoms with Crippen LogP contribution in [0.2, 0.25) is 0 Å². The van der Waals surface area contributed by atoms with E-state index in [2.05, 4.69) is 5.32 Å². The van der Waals surface area contributed by atoms with Gasteiger partial charge in [0, 0.05) is 6.54 Å². The van der Waals surface area contributed by atoms with E-state index >= 15 is 0 Å². The molecule has 0 aliphatic carbocycles. The third-order valence-electron chi connectivity index (χ3n) is 2.41. The number of hydrogen-bond donors (Lipinski definition) is 2. The van der Waals surface area contributed by atoms with Gasteiger partial charge in [-0.3, -0.25) is 4.79 Å². The van der Waals surface area contributed by atoms with E-state index in [1.807, 2.05) is 6.92 Å². The topological polar surface area (TPSA) is 55.1 Å². The lowest BCUT2D eigenvalue weighted by Crippen LogP contribution is -2.26. The number of carbonyl (C=O) groups is 1. The number of nitrogens with one attached hydrogen (secondary N) is 1. The maximum atomic E-state index is 13.5. The molecule has 0 unspecified atom stereocenters. The van der Waals surface area contributed by atoms with E-state index in [4.69, 9.17) is 5.73 Å². The van der Waals surface area contributed by atoms with Gasteiger partial charge in [-0.1, -0.05) is 19.8 Å². The van der Waals surface area contributed by atoms with Gasteiger partial charge in [-0.15, -0.1) is 0 Å². The summed E-state index contributed by atoms with van der Waals surface area (Å²) in [6.45, 7) is 2.43. The highest BCUT2D eigenvalue weighted by molar-refractivity contribution is 5.95. The average Bonchev–Trinajstić information content (AvgIpc) is 2.30. The molecule has 3 N–H and O–H groups in total. The summed E-state index contributed by atoms with van der Waals surface area (Å²) >= 11 is 0. The van der Waals surface area contributed by atoms with Crippen LogP contribution in [0.5, 0.6) is 0 Å². The lowest BCUT2D eigenvalue weighted by Gasteiger charge is -2.08. The number of hydrogen-bond acceptors (Lipinski definition) is 2. The first kappa shape index (κ1) is 13.4. The molecule has 3 nitrogen and oxygen atoms in total. The summed E-state index contributed by atoms with van der Waals surface area (Å²) < 4.78 is 26.8. The maximum absolute atomic E-state index is 13.5. The van der Waals surface area contributed by atoms with Crippen molar-refractivity contribution < 1.29 is 13.6 Å². The third-order valence-corrected chi connectivity index (χ3v) is 2.41. The van der Waals surface area contributed by atoms with Crippen molar-refractivity contribution in [2.24, 2.45) is 0 Å². The van der Waals surface area contributed by atoms with Gasteiger partial charge in [0.25, 0.3) is 5.91 Å². The first-order valence-corrected chi connectivity index (χ1v) is 5.59. The SMILES string of the molecule is CCCCCNC(=O)c1c(F)ccc(N)c1F. The number of halogens is 2. The van der Waals surface area contributed by atoms with E-state index < -0.39 is 23.1 Å². The molecular formula is C12H16F2N2O. The smallest absolute Gasteiger partial charge is 0.257 e. The zero-order chi connectivity index (χ0) is 12.8. The molecule has 94 valence electrons. The van der Waals surface area contributed by atoms with Crippen molar-refractivity contribution in [2.45, 2.75) is 26.2 Å². The van der Waals surface area contributed by atoms with Crippen LogP contribution in [-0.4, -0.2) is 12.5 Å². The zero-order valence-corrected chi connectivity index (χ0v) is 9.72. The normalized spacial score (nSPS) is 10.3. The van der Waals surface area contributed by atoms with Crippen molar-refractivity contribution in [3.63, 3.8) is 0 Å². The third kappa shape index (κ3) is 3.41. The molecule has 1 amide bonds. The summed E-state index contributed by atoms with van der Waals surface area (Å²) in [5.74, 6) is -2.66. The van der Waals surface area contributed by atoms with Gasteiger partial charge in [-0.05, 0) is 18.6 Å². The van der Waals surface area contributed by atoms with Crippen molar-refractivity contribution in [2.75, 3.05) is 12.3 Å². The Balaban J connectivity index is 2.72. The Kier molecular flexibility index (Phi) is 4.87. The summed E-state index contributed by atoms with van der Waals surface area (Å²) in [6.07, 6.45) is 2.76. The fraction of sp³-hybridized carbons (Fsp3) is 0.417. The van der Waals surface area contributed by atoms with Crippen LogP contribution in [0, 0.1) is 11.6 Å². The second-order valence-electron chi connectivity index (χ2n) is 3.79. The van der Waals surface area contributed by atoms with Crippen molar-refractivity contribution in [1.82, 2.24) is 5.32 Å². The molecule has 1 rings (SSSR count). The Hall–Kier alpha value is -1.65. The minimum Gasteiger partial charge on any atom is -0.396 e. The number of benzene rings is 1. The molecule has 0 bridgehead atoms. The van der Waals surface area contributed by atoms with Gasteiger partial charge >= 0.3 is 0 Å². The molecule has 0 aliphatic heterocycles. The first-order chi connectivity index (χ1) is 8.07. The second kappa shape index (κ2) is 6.18. The lowest BCUT2D eigenvalue weighted by molar-refractivity contribution is 0.0944. The number of amides is 1. The van der Waals surface area contributed by atoms with Crippen LogP contribution in [0.4, 0.5) is 14.5 Å². The maximum Gasteiger partial charge on any atom is 0.257 e. The summed E-state index contributed by atoms with van der Waals surface area (Å²) in [4.78, 5) is 11.6. The molecule has 1 aromatic carbocycles. The van der Waals surface area contributed by atoms with Crippen molar-refractivity contribution in [1.29, 1.82) is 0 Å². The van der Waals surface area contributed by atoms with Crippen LogP contribution in [0.1, 0.15) is 36.5 Å². The number of anilines is 1. The highest BCUT2D eigenvalue weighted by Gasteiger charge is 2.18. The van der Waals surface area contributed by atoms with Gasteiger partial charge in [0.2, 0.25) is 0 Å². The Bertz CT molecular complexity index is 408. The van der Waals surface area contributed by atoms with Gasteiger partial charge in [0.15, 0.2) is 5.82 Å². The first-order valence-electron chi connectivity index (χ1n) is 5.59. The van der Waals surface area contributed by atoms with E-state index in [1.54, 1.807) is 0 Å². The molecule has 17 heavy (non-hydrogen) atoms. The van der Waals surface area contributed by atoms with Crippen molar-refractivity contribution in [3.05, 3.63) is 29.3 Å². The summed E-state index contributed by atoms with van der Waals surface area (Å²) in [6, 6.07) is 2.08. The second-order valence-corrected chi connectivity index (χ2v) is 3.79. The molecule has 0 spiro atoms. The van der Waals surface area contributed by atoms with Crippen LogP contribution >= 0.6 is 0 Å². The average molecular weight is 242 g/mol. The quantitative estimate of drug-likeness (QED) is 0.615. The van der Waals surface area contributed by atoms with E-state index in [0.717, 1.165) is 31.4 Å². The Morgan fingerprint density at radius 3 is 2.71 bits per heavy atom. The van der Waals surface area contributed by atoms with Gasteiger partial charge in [-0.2, -0.15) is 0 Å². The van der Waals surface area contributed by atoms with Crippen molar-refractivity contribution in [3.8, 4) is 0 Å². The molecule has 0 atom stereocenters. The number of carbonyl (C=O) groups excluding carboxylic acids is 1. The fourth-order valence-electron chi connectivity index (χ4n) is 1.44. The van der Waals surface area contributed by atoms with Crippen LogP contribution < -0.4 is 11.1 Å². The summed E-state index contributed by atoms with van der Waals surface area (Å²) in [5.41, 5.74) is 4.44. The molecule has 0 aliphatic rings. The molecule has 0 heterocycles. The van der Waals surface area contributed by atoms with Crippen molar-refractivity contribution >= 4 is 11.6 Å². The monoisotopic (exact) mass is 242 g/mol. The van der Waals surface area contributed by atoms with Crippen LogP contribution in [0.3, 0.4) is 0 Å². The Labute approximate surface area is 99.0 Å². The molecule has 1 aromatic rings. The van der Waals surface area contributed by atoms with E-state index in [1.165, 1.54) is 0 Å². The van der Waals surface area contributed by atoms with Gasteiger partial charge in [0.05, 0.1) is 5.69 Å². The molecular weight excluding hydrogens is 226 g/mol. The van der Waals surface area contributed by atoms with Gasteiger partial charge in [0.1, 0.15) is 11.4 Å². The molecule has 0 aromatic heterocycles. The lowest BCUT2D eigenvalue weighted by atomic mass is 10.1. The molecule has 0 saturated heterocycles. The predicted molar refractivity (Wildman–Crippen MR) is 62.6 cm³/mol. The molecule has 0 saturated carbocycles. The summed E-state index contributed by atoms with van der Waals surface area (Å²) in [7, 11) is 0. The van der Waals surface area contributed by atoms with E-state index in [-0.39, 0.29) is 5.69 Å². The van der Waals surface area contributed by atoms with Gasteiger partial charge < -0.3 is 11.1 Å². The summed E-state index contributed by atoms with van der Waals surface area (Å²) in [5, 5.41) is 2.47. The highest BCUT2D eigenvalue weighted by atomic mass is 19.1. The predicted octanol–water partition coefficient (Wildman–Crippen LogP) is 2.47. The Morgan fingerprint density at radius 1 is 1.35 bits per heavy atom. The molecule has 0 fully saturated rings. The number of rotatable bonds is 5. The highest BCUT2D eigenvalue weighted by Crippen LogP contribution is 2.18. The van der Waals surface area contributed by atoms with Gasteiger partial charge in [-0.25, -0.2) is 8.78 Å². The minimum atomic E-state index is -1.00. The van der Waals surface area contributed by atoms with Crippen LogP contribution in [-0.2, 0) is 0 Å². The largest absolute Gasteiger partial charge is 0.396 e. The number of nitrogens with two attached hydrogens (primary N) is 1. The number of unbranched alkanes of at least 4 members (excludes halogenated alkanes) is 2. The van der Waals surface area contributed by atoms with Crippen LogP contribution in [0.15, 0.2) is 12.1 Å².